The van der Waals surface area contributed by atoms with E-state index in [1.807, 2.05) is 0 Å². The minimum Gasteiger partial charge on any atom is -0.354 e. The molecule has 4 heteroatoms. The summed E-state index contributed by atoms with van der Waals surface area (Å²) in [6, 6.07) is 0. The molecular formula is C13H27ClN2O. The van der Waals surface area contributed by atoms with E-state index in [1.54, 1.807) is 0 Å². The Morgan fingerprint density at radius 2 is 1.76 bits per heavy atom. The summed E-state index contributed by atoms with van der Waals surface area (Å²) in [5.41, 5.74) is 5.80. The van der Waals surface area contributed by atoms with Crippen LogP contribution in [0.15, 0.2) is 0 Å². The van der Waals surface area contributed by atoms with E-state index in [1.165, 1.54) is 12.8 Å². The second kappa shape index (κ2) is 6.60. The molecule has 1 saturated carbocycles. The minimum atomic E-state index is -0.232. The molecule has 1 rings (SSSR count). The molecule has 1 amide bonds. The van der Waals surface area contributed by atoms with E-state index in [2.05, 4.69) is 26.1 Å². The molecule has 102 valence electrons. The van der Waals surface area contributed by atoms with Crippen LogP contribution in [0.2, 0.25) is 0 Å². The molecule has 17 heavy (non-hydrogen) atoms. The van der Waals surface area contributed by atoms with Gasteiger partial charge in [0.2, 0.25) is 5.91 Å². The fourth-order valence-corrected chi connectivity index (χ4v) is 2.35. The fourth-order valence-electron chi connectivity index (χ4n) is 2.35. The molecule has 0 atom stereocenters. The van der Waals surface area contributed by atoms with E-state index < -0.39 is 0 Å². The number of nitrogens with two attached hydrogens (primary N) is 1. The summed E-state index contributed by atoms with van der Waals surface area (Å²) in [6.07, 6.45) is 6.21. The van der Waals surface area contributed by atoms with Crippen LogP contribution in [0, 0.1) is 5.41 Å². The Kier molecular flexibility index (Phi) is 6.49. The Hall–Kier alpha value is -0.280. The van der Waals surface area contributed by atoms with Crippen molar-refractivity contribution >= 4 is 18.3 Å². The number of amides is 1. The Morgan fingerprint density at radius 1 is 1.29 bits per heavy atom. The Labute approximate surface area is 111 Å². The molecule has 0 aromatic heterocycles. The summed E-state index contributed by atoms with van der Waals surface area (Å²) >= 11 is 0. The van der Waals surface area contributed by atoms with Crippen molar-refractivity contribution in [2.45, 2.75) is 64.8 Å². The maximum atomic E-state index is 12.1. The van der Waals surface area contributed by atoms with Crippen molar-refractivity contribution in [3.8, 4) is 0 Å². The lowest BCUT2D eigenvalue weighted by atomic mass is 9.87. The molecule has 1 aliphatic carbocycles. The zero-order valence-electron chi connectivity index (χ0n) is 11.3. The lowest BCUT2D eigenvalue weighted by Gasteiger charge is -2.30. The van der Waals surface area contributed by atoms with Gasteiger partial charge in [0.25, 0.3) is 0 Å². The molecule has 3 nitrogen and oxygen atoms in total. The molecule has 0 saturated heterocycles. The second-order valence-corrected chi connectivity index (χ2v) is 5.52. The van der Waals surface area contributed by atoms with Crippen molar-refractivity contribution in [2.75, 3.05) is 6.54 Å². The van der Waals surface area contributed by atoms with Gasteiger partial charge in [0.05, 0.1) is 0 Å². The van der Waals surface area contributed by atoms with Crippen LogP contribution in [0.25, 0.3) is 0 Å². The number of carbonyl (C=O) groups is 1. The Bertz CT molecular complexity index is 246. The molecule has 0 unspecified atom stereocenters. The van der Waals surface area contributed by atoms with Crippen LogP contribution in [0.5, 0.6) is 0 Å². The van der Waals surface area contributed by atoms with Crippen LogP contribution in [0.4, 0.5) is 0 Å². The van der Waals surface area contributed by atoms with E-state index in [-0.39, 0.29) is 29.3 Å². The molecular weight excluding hydrogens is 236 g/mol. The predicted molar refractivity (Wildman–Crippen MR) is 74.3 cm³/mol. The van der Waals surface area contributed by atoms with Crippen molar-refractivity contribution in [1.29, 1.82) is 0 Å². The highest BCUT2D eigenvalue weighted by Crippen LogP contribution is 2.37. The first kappa shape index (κ1) is 16.7. The molecule has 0 radical (unpaired) electrons. The molecule has 0 aromatic carbocycles. The van der Waals surface area contributed by atoms with Gasteiger partial charge in [0, 0.05) is 17.5 Å². The normalized spacial score (nSPS) is 18.6. The second-order valence-electron chi connectivity index (χ2n) is 5.52. The third-order valence-electron chi connectivity index (χ3n) is 4.26. The van der Waals surface area contributed by atoms with Crippen molar-refractivity contribution in [1.82, 2.24) is 5.32 Å². The molecule has 0 heterocycles. The Morgan fingerprint density at radius 3 is 2.18 bits per heavy atom. The average molecular weight is 263 g/mol. The summed E-state index contributed by atoms with van der Waals surface area (Å²) < 4.78 is 0. The highest BCUT2D eigenvalue weighted by molar-refractivity contribution is 5.85. The highest BCUT2D eigenvalue weighted by Gasteiger charge is 2.36. The maximum Gasteiger partial charge on any atom is 0.226 e. The smallest absolute Gasteiger partial charge is 0.226 e. The molecule has 0 aliphatic heterocycles. The first-order valence-corrected chi connectivity index (χ1v) is 6.53. The van der Waals surface area contributed by atoms with Gasteiger partial charge in [-0.2, -0.15) is 0 Å². The van der Waals surface area contributed by atoms with Gasteiger partial charge < -0.3 is 11.1 Å². The third kappa shape index (κ3) is 4.14. The molecule has 1 fully saturated rings. The van der Waals surface area contributed by atoms with Crippen molar-refractivity contribution < 1.29 is 4.79 Å². The van der Waals surface area contributed by atoms with E-state index in [0.29, 0.717) is 6.54 Å². The minimum absolute atomic E-state index is 0. The van der Waals surface area contributed by atoms with Crippen LogP contribution in [0.1, 0.15) is 59.3 Å². The first-order valence-electron chi connectivity index (χ1n) is 6.53. The van der Waals surface area contributed by atoms with E-state index in [9.17, 15) is 4.79 Å². The Balaban J connectivity index is 0.00000256. The number of halogens is 1. The van der Waals surface area contributed by atoms with Gasteiger partial charge in [0.1, 0.15) is 0 Å². The van der Waals surface area contributed by atoms with Gasteiger partial charge in [-0.25, -0.2) is 0 Å². The van der Waals surface area contributed by atoms with Crippen molar-refractivity contribution in [3.63, 3.8) is 0 Å². The maximum absolute atomic E-state index is 12.1. The number of rotatable bonds is 5. The standard InChI is InChI=1S/C13H26N2O.ClH/c1-4-13(14,5-2)10-15-11(16)12(3)8-6-7-9-12;/h4-10,14H2,1-3H3,(H,15,16);1H. The van der Waals surface area contributed by atoms with Crippen LogP contribution >= 0.6 is 12.4 Å². The molecule has 0 bridgehead atoms. The fraction of sp³-hybridized carbons (Fsp3) is 0.923. The summed E-state index contributed by atoms with van der Waals surface area (Å²) in [6.45, 7) is 6.83. The third-order valence-corrected chi connectivity index (χ3v) is 4.26. The van der Waals surface area contributed by atoms with E-state index >= 15 is 0 Å². The molecule has 1 aliphatic rings. The number of carbonyl (C=O) groups excluding carboxylic acids is 1. The zero-order valence-corrected chi connectivity index (χ0v) is 12.2. The van der Waals surface area contributed by atoms with Crippen molar-refractivity contribution in [2.24, 2.45) is 11.1 Å². The number of hydrogen-bond donors (Lipinski definition) is 2. The topological polar surface area (TPSA) is 55.1 Å². The van der Waals surface area contributed by atoms with Crippen LogP contribution < -0.4 is 11.1 Å². The van der Waals surface area contributed by atoms with E-state index in [0.717, 1.165) is 25.7 Å². The number of hydrogen-bond acceptors (Lipinski definition) is 2. The van der Waals surface area contributed by atoms with Gasteiger partial charge >= 0.3 is 0 Å². The van der Waals surface area contributed by atoms with E-state index in [4.69, 9.17) is 5.73 Å². The lowest BCUT2D eigenvalue weighted by Crippen LogP contribution is -2.51. The van der Waals surface area contributed by atoms with Crippen LogP contribution in [-0.4, -0.2) is 18.0 Å². The first-order chi connectivity index (χ1) is 7.46. The summed E-state index contributed by atoms with van der Waals surface area (Å²) in [4.78, 5) is 12.1. The van der Waals surface area contributed by atoms with Crippen LogP contribution in [0.3, 0.4) is 0 Å². The molecule has 3 N–H and O–H groups in total. The molecule has 0 spiro atoms. The lowest BCUT2D eigenvalue weighted by molar-refractivity contribution is -0.130. The molecule has 0 aromatic rings. The highest BCUT2D eigenvalue weighted by atomic mass is 35.5. The SMILES string of the molecule is CCC(N)(CC)CNC(=O)C1(C)CCCC1.Cl. The summed E-state index contributed by atoms with van der Waals surface area (Å²) in [7, 11) is 0. The summed E-state index contributed by atoms with van der Waals surface area (Å²) in [5, 5.41) is 3.04. The van der Waals surface area contributed by atoms with Gasteiger partial charge in [-0.05, 0) is 25.7 Å². The predicted octanol–water partition coefficient (Wildman–Crippen LogP) is 2.62. The van der Waals surface area contributed by atoms with Gasteiger partial charge in [-0.3, -0.25) is 4.79 Å². The van der Waals surface area contributed by atoms with Gasteiger partial charge in [0.15, 0.2) is 0 Å². The van der Waals surface area contributed by atoms with Gasteiger partial charge in [-0.15, -0.1) is 12.4 Å². The average Bonchev–Trinajstić information content (AvgIpc) is 2.74. The zero-order chi connectivity index (χ0) is 12.2. The summed E-state index contributed by atoms with van der Waals surface area (Å²) in [5.74, 6) is 0.196. The quantitative estimate of drug-likeness (QED) is 0.800. The van der Waals surface area contributed by atoms with Gasteiger partial charge in [-0.1, -0.05) is 33.6 Å². The largest absolute Gasteiger partial charge is 0.354 e. The van der Waals surface area contributed by atoms with Crippen LogP contribution in [-0.2, 0) is 4.79 Å². The van der Waals surface area contributed by atoms with Crippen molar-refractivity contribution in [3.05, 3.63) is 0 Å². The number of nitrogens with one attached hydrogen (secondary N) is 1. The monoisotopic (exact) mass is 262 g/mol.